The van der Waals surface area contributed by atoms with E-state index in [1.54, 1.807) is 12.1 Å². The Morgan fingerprint density at radius 2 is 1.69 bits per heavy atom. The second-order valence-corrected chi connectivity index (χ2v) is 8.67. The van der Waals surface area contributed by atoms with Crippen LogP contribution in [0.25, 0.3) is 11.1 Å². The van der Waals surface area contributed by atoms with Crippen molar-refractivity contribution in [3.05, 3.63) is 48.0 Å². The fraction of sp³-hybridized carbons (Fsp3) is 0.316. The monoisotopic (exact) mass is 371 g/mol. The van der Waals surface area contributed by atoms with Gasteiger partial charge in [-0.15, -0.1) is 0 Å². The van der Waals surface area contributed by atoms with Gasteiger partial charge in [0.05, 0.1) is 10.6 Å². The summed E-state index contributed by atoms with van der Waals surface area (Å²) in [5.74, 6) is 0. The van der Waals surface area contributed by atoms with Crippen molar-refractivity contribution in [3.63, 3.8) is 0 Å². The molecule has 6 nitrogen and oxygen atoms in total. The quantitative estimate of drug-likeness (QED) is 0.705. The van der Waals surface area contributed by atoms with Gasteiger partial charge < -0.3 is 14.2 Å². The average Bonchev–Trinajstić information content (AvgIpc) is 3.04. The van der Waals surface area contributed by atoms with Crippen molar-refractivity contribution in [2.45, 2.75) is 11.8 Å². The Morgan fingerprint density at radius 3 is 2.42 bits per heavy atom. The number of rotatable bonds is 3. The molecular formula is C19H21N3O3S. The summed E-state index contributed by atoms with van der Waals surface area (Å²) in [6, 6.07) is 13.8. The molecule has 0 radical (unpaired) electrons. The van der Waals surface area contributed by atoms with E-state index in [-0.39, 0.29) is 0 Å². The van der Waals surface area contributed by atoms with Gasteiger partial charge in [0.1, 0.15) is 5.52 Å². The van der Waals surface area contributed by atoms with Crippen molar-refractivity contribution in [1.82, 2.24) is 4.98 Å². The molecule has 0 aliphatic carbocycles. The third-order valence-electron chi connectivity index (χ3n) is 4.69. The van der Waals surface area contributed by atoms with Crippen molar-refractivity contribution in [2.75, 3.05) is 42.2 Å². The molecule has 1 aliphatic heterocycles. The van der Waals surface area contributed by atoms with Crippen molar-refractivity contribution >= 4 is 32.6 Å². The molecule has 1 aromatic heterocycles. The fourth-order valence-corrected chi connectivity index (χ4v) is 4.23. The summed E-state index contributed by atoms with van der Waals surface area (Å²) in [4.78, 5) is 9.19. The third kappa shape index (κ3) is 3.14. The number of aryl methyl sites for hydroxylation is 1. The van der Waals surface area contributed by atoms with E-state index in [1.807, 2.05) is 37.3 Å². The smallest absolute Gasteiger partial charge is 0.298 e. The predicted molar refractivity (Wildman–Crippen MR) is 103 cm³/mol. The first-order valence-corrected chi connectivity index (χ1v) is 10.5. The summed E-state index contributed by atoms with van der Waals surface area (Å²) in [6.07, 6.45) is 1.25. The van der Waals surface area contributed by atoms with Crippen LogP contribution in [0.1, 0.15) is 5.56 Å². The van der Waals surface area contributed by atoms with Crippen molar-refractivity contribution in [2.24, 2.45) is 0 Å². The van der Waals surface area contributed by atoms with E-state index >= 15 is 0 Å². The minimum Gasteiger partial charge on any atom is -0.423 e. The van der Waals surface area contributed by atoms with Crippen LogP contribution in [0.3, 0.4) is 0 Å². The van der Waals surface area contributed by atoms with E-state index in [4.69, 9.17) is 4.42 Å². The number of hydrogen-bond acceptors (Lipinski definition) is 6. The number of aromatic nitrogens is 1. The third-order valence-corrected chi connectivity index (χ3v) is 5.83. The molecule has 3 aromatic rings. The maximum Gasteiger partial charge on any atom is 0.298 e. The number of benzene rings is 2. The van der Waals surface area contributed by atoms with E-state index in [0.717, 1.165) is 35.4 Å². The lowest BCUT2D eigenvalue weighted by molar-refractivity contribution is 0.540. The average molecular weight is 371 g/mol. The van der Waals surface area contributed by atoms with Gasteiger partial charge >= 0.3 is 0 Å². The standard InChI is InChI=1S/C19H21N3O3S/c1-14-7-8-17-15(13-14)20-19(25-17)22-11-9-21(10-12-22)16-5-3-4-6-18(16)26(2,23)24/h3-8,13H,9-12H2,1-2H3. The molecule has 0 N–H and O–H groups in total. The minimum atomic E-state index is -3.26. The number of piperazine rings is 1. The highest BCUT2D eigenvalue weighted by molar-refractivity contribution is 7.90. The molecule has 0 amide bonds. The molecule has 2 aromatic carbocycles. The van der Waals surface area contributed by atoms with E-state index in [0.29, 0.717) is 24.0 Å². The second-order valence-electron chi connectivity index (χ2n) is 6.68. The van der Waals surface area contributed by atoms with Crippen LogP contribution < -0.4 is 9.80 Å². The Balaban J connectivity index is 1.54. The zero-order chi connectivity index (χ0) is 18.3. The van der Waals surface area contributed by atoms with Crippen LogP contribution in [0.2, 0.25) is 0 Å². The van der Waals surface area contributed by atoms with Crippen LogP contribution in [-0.2, 0) is 9.84 Å². The lowest BCUT2D eigenvalue weighted by Crippen LogP contribution is -2.47. The molecular weight excluding hydrogens is 350 g/mol. The number of sulfone groups is 1. The Kier molecular flexibility index (Phi) is 4.11. The predicted octanol–water partition coefficient (Wildman–Crippen LogP) is 2.87. The van der Waals surface area contributed by atoms with Gasteiger partial charge in [-0.1, -0.05) is 18.2 Å². The summed E-state index contributed by atoms with van der Waals surface area (Å²) in [5.41, 5.74) is 3.57. The number of fused-ring (bicyclic) bond motifs is 1. The number of para-hydroxylation sites is 1. The Hall–Kier alpha value is -2.54. The summed E-state index contributed by atoms with van der Waals surface area (Å²) in [7, 11) is -3.26. The number of hydrogen-bond donors (Lipinski definition) is 0. The summed E-state index contributed by atoms with van der Waals surface area (Å²) >= 11 is 0. The highest BCUT2D eigenvalue weighted by Crippen LogP contribution is 2.28. The topological polar surface area (TPSA) is 66.7 Å². The molecule has 0 spiro atoms. The first-order chi connectivity index (χ1) is 12.4. The molecule has 7 heteroatoms. The van der Waals surface area contributed by atoms with Crippen LogP contribution in [-0.4, -0.2) is 45.8 Å². The molecule has 1 aliphatic rings. The zero-order valence-corrected chi connectivity index (χ0v) is 15.7. The molecule has 1 fully saturated rings. The molecule has 4 rings (SSSR count). The number of oxazole rings is 1. The SMILES string of the molecule is Cc1ccc2oc(N3CCN(c4ccccc4S(C)(=O)=O)CC3)nc2c1. The van der Waals surface area contributed by atoms with Crippen molar-refractivity contribution in [3.8, 4) is 0 Å². The molecule has 0 atom stereocenters. The maximum absolute atomic E-state index is 12.0. The Labute approximate surface area is 153 Å². The van der Waals surface area contributed by atoms with Crippen LogP contribution in [0.5, 0.6) is 0 Å². The number of nitrogens with zero attached hydrogens (tertiary/aromatic N) is 3. The molecule has 0 saturated carbocycles. The van der Waals surface area contributed by atoms with Crippen LogP contribution in [0.15, 0.2) is 51.8 Å². The van der Waals surface area contributed by atoms with E-state index in [1.165, 1.54) is 6.26 Å². The first-order valence-electron chi connectivity index (χ1n) is 8.58. The number of anilines is 2. The molecule has 0 bridgehead atoms. The maximum atomic E-state index is 12.0. The van der Waals surface area contributed by atoms with Gasteiger partial charge in [-0.2, -0.15) is 4.98 Å². The van der Waals surface area contributed by atoms with Gasteiger partial charge in [0.25, 0.3) is 6.01 Å². The summed E-state index contributed by atoms with van der Waals surface area (Å²) in [5, 5.41) is 0. The highest BCUT2D eigenvalue weighted by Gasteiger charge is 2.24. The largest absolute Gasteiger partial charge is 0.423 e. The van der Waals surface area contributed by atoms with Gasteiger partial charge in [0, 0.05) is 32.4 Å². The van der Waals surface area contributed by atoms with Crippen LogP contribution in [0.4, 0.5) is 11.7 Å². The zero-order valence-electron chi connectivity index (χ0n) is 14.8. The Morgan fingerprint density at radius 1 is 1.00 bits per heavy atom. The van der Waals surface area contributed by atoms with Gasteiger partial charge in [0.15, 0.2) is 15.4 Å². The lowest BCUT2D eigenvalue weighted by atomic mass is 10.2. The highest BCUT2D eigenvalue weighted by atomic mass is 32.2. The first kappa shape index (κ1) is 16.9. The minimum absolute atomic E-state index is 0.380. The molecule has 1 saturated heterocycles. The van der Waals surface area contributed by atoms with Crippen molar-refractivity contribution < 1.29 is 12.8 Å². The second kappa shape index (κ2) is 6.32. The molecule has 136 valence electrons. The lowest BCUT2D eigenvalue weighted by Gasteiger charge is -2.36. The van der Waals surface area contributed by atoms with Crippen molar-refractivity contribution in [1.29, 1.82) is 0 Å². The van der Waals surface area contributed by atoms with Gasteiger partial charge in [-0.05, 0) is 36.8 Å². The summed E-state index contributed by atoms with van der Waals surface area (Å²) in [6.45, 7) is 4.91. The molecule has 2 heterocycles. The van der Waals surface area contributed by atoms with E-state index in [9.17, 15) is 8.42 Å². The van der Waals surface area contributed by atoms with Crippen LogP contribution in [0, 0.1) is 6.92 Å². The van der Waals surface area contributed by atoms with Gasteiger partial charge in [-0.3, -0.25) is 0 Å². The Bertz CT molecular complexity index is 1050. The van der Waals surface area contributed by atoms with E-state index in [2.05, 4.69) is 14.8 Å². The van der Waals surface area contributed by atoms with Gasteiger partial charge in [-0.25, -0.2) is 8.42 Å². The molecule has 0 unspecified atom stereocenters. The van der Waals surface area contributed by atoms with Gasteiger partial charge in [0.2, 0.25) is 0 Å². The van der Waals surface area contributed by atoms with Crippen LogP contribution >= 0.6 is 0 Å². The molecule has 26 heavy (non-hydrogen) atoms. The van der Waals surface area contributed by atoms with E-state index < -0.39 is 9.84 Å². The fourth-order valence-electron chi connectivity index (χ4n) is 3.33. The summed E-state index contributed by atoms with van der Waals surface area (Å²) < 4.78 is 30.0. The normalized spacial score (nSPS) is 15.6.